The molecular formula is C32H34F3N5O4. The molecule has 12 heteroatoms. The fraction of sp³-hybridized carbons (Fsp3) is 0.594. The molecule has 232 valence electrons. The normalized spacial score (nSPS) is 30.2. The summed E-state index contributed by atoms with van der Waals surface area (Å²) in [5.74, 6) is -3.63. The van der Waals surface area contributed by atoms with E-state index in [4.69, 9.17) is 4.74 Å². The molecule has 0 radical (unpaired) electrons. The molecule has 1 unspecified atom stereocenters. The minimum absolute atomic E-state index is 0.0671. The number of nitrogens with zero attached hydrogens (tertiary/aromatic N) is 3. The fourth-order valence-electron chi connectivity index (χ4n) is 8.08. The summed E-state index contributed by atoms with van der Waals surface area (Å²) in [4.78, 5) is 46.1. The Balaban J connectivity index is 1.18. The summed E-state index contributed by atoms with van der Waals surface area (Å²) in [7, 11) is 0. The van der Waals surface area contributed by atoms with E-state index in [1.54, 1.807) is 12.4 Å². The fourth-order valence-corrected chi connectivity index (χ4v) is 8.08. The van der Waals surface area contributed by atoms with E-state index in [9.17, 15) is 32.8 Å². The number of aromatic nitrogens is 1. The average Bonchev–Trinajstić information content (AvgIpc) is 3.93. The van der Waals surface area contributed by atoms with Gasteiger partial charge in [0.15, 0.2) is 5.54 Å². The number of pyridine rings is 1. The Kier molecular flexibility index (Phi) is 6.19. The van der Waals surface area contributed by atoms with Gasteiger partial charge < -0.3 is 20.3 Å². The monoisotopic (exact) mass is 609 g/mol. The molecule has 2 heterocycles. The molecule has 2 aromatic rings. The average molecular weight is 610 g/mol. The van der Waals surface area contributed by atoms with E-state index < -0.39 is 53.2 Å². The lowest BCUT2D eigenvalue weighted by Crippen LogP contribution is -2.61. The maximum Gasteiger partial charge on any atom is 0.471 e. The Morgan fingerprint density at radius 3 is 2.55 bits per heavy atom. The molecule has 2 N–H and O–H groups in total. The van der Waals surface area contributed by atoms with Gasteiger partial charge in [0.2, 0.25) is 11.8 Å². The van der Waals surface area contributed by atoms with Gasteiger partial charge in [-0.05, 0) is 66.7 Å². The quantitative estimate of drug-likeness (QED) is 0.472. The van der Waals surface area contributed by atoms with Crippen molar-refractivity contribution in [1.82, 2.24) is 20.5 Å². The van der Waals surface area contributed by atoms with Crippen LogP contribution in [-0.4, -0.2) is 64.1 Å². The van der Waals surface area contributed by atoms with E-state index >= 15 is 0 Å². The topological polar surface area (TPSA) is 124 Å². The Bertz CT molecular complexity index is 1620. The second-order valence-corrected chi connectivity index (χ2v) is 13.9. The van der Waals surface area contributed by atoms with Crippen molar-refractivity contribution in [3.63, 3.8) is 0 Å². The third kappa shape index (κ3) is 4.37. The van der Waals surface area contributed by atoms with E-state index in [2.05, 4.69) is 16.4 Å². The van der Waals surface area contributed by atoms with E-state index in [0.717, 1.165) is 42.0 Å². The van der Waals surface area contributed by atoms with Crippen LogP contribution in [0.4, 0.5) is 13.2 Å². The van der Waals surface area contributed by atoms with Crippen LogP contribution in [0.25, 0.3) is 10.8 Å². The van der Waals surface area contributed by atoms with Crippen LogP contribution in [0.3, 0.4) is 0 Å². The maximum atomic E-state index is 14.2. The highest BCUT2D eigenvalue weighted by atomic mass is 19.4. The predicted molar refractivity (Wildman–Crippen MR) is 150 cm³/mol. The molecule has 1 saturated heterocycles. The molecular weight excluding hydrogens is 575 g/mol. The molecule has 44 heavy (non-hydrogen) atoms. The first kappa shape index (κ1) is 29.0. The van der Waals surface area contributed by atoms with Crippen molar-refractivity contribution in [2.45, 2.75) is 88.4 Å². The van der Waals surface area contributed by atoms with Crippen LogP contribution < -0.4 is 10.6 Å². The van der Waals surface area contributed by atoms with Gasteiger partial charge in [0.25, 0.3) is 0 Å². The molecule has 0 spiro atoms. The maximum absolute atomic E-state index is 14.2. The van der Waals surface area contributed by atoms with E-state index in [-0.39, 0.29) is 30.2 Å². The summed E-state index contributed by atoms with van der Waals surface area (Å²) >= 11 is 0. The number of nitriles is 1. The van der Waals surface area contributed by atoms with E-state index in [1.165, 1.54) is 11.8 Å². The Morgan fingerprint density at radius 1 is 1.18 bits per heavy atom. The number of carbonyl (C=O) groups excluding carboxylic acids is 3. The number of rotatable bonds is 8. The molecule has 4 fully saturated rings. The van der Waals surface area contributed by atoms with Crippen molar-refractivity contribution in [3.8, 4) is 6.07 Å². The van der Waals surface area contributed by atoms with Gasteiger partial charge in [-0.2, -0.15) is 18.4 Å². The van der Waals surface area contributed by atoms with Crippen LogP contribution in [0.15, 0.2) is 30.6 Å². The zero-order valence-electron chi connectivity index (χ0n) is 24.7. The van der Waals surface area contributed by atoms with Crippen LogP contribution in [0.5, 0.6) is 0 Å². The van der Waals surface area contributed by atoms with Crippen LogP contribution in [0.2, 0.25) is 0 Å². The van der Waals surface area contributed by atoms with Crippen molar-refractivity contribution in [2.75, 3.05) is 6.54 Å². The molecule has 4 aliphatic carbocycles. The van der Waals surface area contributed by atoms with Gasteiger partial charge in [-0.3, -0.25) is 19.4 Å². The van der Waals surface area contributed by atoms with Crippen molar-refractivity contribution >= 4 is 28.5 Å². The highest BCUT2D eigenvalue weighted by molar-refractivity contribution is 5.97. The molecule has 7 rings (SSSR count). The van der Waals surface area contributed by atoms with Crippen molar-refractivity contribution in [1.29, 1.82) is 5.26 Å². The number of ether oxygens (including phenoxy) is 1. The summed E-state index contributed by atoms with van der Waals surface area (Å²) < 4.78 is 46.5. The number of amides is 3. The van der Waals surface area contributed by atoms with Crippen molar-refractivity contribution in [2.24, 2.45) is 23.2 Å². The highest BCUT2D eigenvalue weighted by Crippen LogP contribution is 2.65. The zero-order chi connectivity index (χ0) is 31.4. The Hall–Kier alpha value is -3.72. The molecule has 1 aliphatic heterocycles. The third-order valence-corrected chi connectivity index (χ3v) is 10.8. The van der Waals surface area contributed by atoms with Crippen molar-refractivity contribution < 1.29 is 32.3 Å². The number of alkyl halides is 3. The number of benzene rings is 1. The lowest BCUT2D eigenvalue weighted by Gasteiger charge is -2.37. The molecule has 3 amide bonds. The number of halogens is 3. The number of carbonyl (C=O) groups is 3. The largest absolute Gasteiger partial charge is 0.471 e. The molecule has 9 nitrogen and oxygen atoms in total. The number of likely N-dealkylation sites (tertiary alicyclic amines) is 1. The first-order chi connectivity index (χ1) is 20.7. The molecule has 1 aromatic carbocycles. The first-order valence-corrected chi connectivity index (χ1v) is 15.2. The molecule has 3 saturated carbocycles. The first-order valence-electron chi connectivity index (χ1n) is 15.2. The summed E-state index contributed by atoms with van der Waals surface area (Å²) in [6.07, 6.45) is 0.644. The van der Waals surface area contributed by atoms with Crippen LogP contribution in [0.1, 0.15) is 57.6 Å². The number of fused-ring (bicyclic) bond motifs is 1. The second kappa shape index (κ2) is 9.39. The molecule has 1 aromatic heterocycles. The standard InChI is InChI=1S/C32H34F3N5O4/c1-16(44-31(9-10-31)19-7-8-19)24(38-28(43)32(33,34)35)27(42)40-14-21-23(29(21,2)3)25(40)26(41)39-30(15-36)11-17-5-4-6-18-12-37-13-20(30)22(17)18/h4-6,12-13,16,19,21,23-25H,7-11,14H2,1-3H3,(H,38,43)(H,39,41)/t16-,21+,23+,24+,25+,30?/m1/s1. The number of nitrogens with one attached hydrogen (secondary N) is 2. The third-order valence-electron chi connectivity index (χ3n) is 10.8. The summed E-state index contributed by atoms with van der Waals surface area (Å²) in [5.41, 5.74) is -0.747. The zero-order valence-corrected chi connectivity index (χ0v) is 24.7. The lowest BCUT2D eigenvalue weighted by molar-refractivity contribution is -0.177. The highest BCUT2D eigenvalue weighted by Gasteiger charge is 2.70. The van der Waals surface area contributed by atoms with Crippen LogP contribution in [-0.2, 0) is 31.1 Å². The van der Waals surface area contributed by atoms with E-state index in [0.29, 0.717) is 11.5 Å². The summed E-state index contributed by atoms with van der Waals surface area (Å²) in [6.45, 7) is 5.62. The Labute approximate surface area is 252 Å². The Morgan fingerprint density at radius 2 is 1.91 bits per heavy atom. The van der Waals surface area contributed by atoms with Gasteiger partial charge in [0.05, 0.1) is 17.8 Å². The minimum atomic E-state index is -5.20. The molecule has 6 atom stereocenters. The molecule has 0 bridgehead atoms. The van der Waals surface area contributed by atoms with Gasteiger partial charge in [-0.15, -0.1) is 0 Å². The van der Waals surface area contributed by atoms with Gasteiger partial charge in [0, 0.05) is 36.3 Å². The number of piperidine rings is 1. The van der Waals surface area contributed by atoms with Gasteiger partial charge in [-0.25, -0.2) is 0 Å². The number of hydrogen-bond donors (Lipinski definition) is 2. The van der Waals surface area contributed by atoms with E-state index in [1.807, 2.05) is 37.4 Å². The lowest BCUT2D eigenvalue weighted by atomic mass is 9.92. The van der Waals surface area contributed by atoms with Gasteiger partial charge in [-0.1, -0.05) is 32.0 Å². The van der Waals surface area contributed by atoms with Crippen LogP contribution in [0, 0.1) is 34.5 Å². The smallest absolute Gasteiger partial charge is 0.369 e. The summed E-state index contributed by atoms with van der Waals surface area (Å²) in [5, 5.41) is 17.0. The van der Waals surface area contributed by atoms with Crippen LogP contribution >= 0.6 is 0 Å². The summed E-state index contributed by atoms with van der Waals surface area (Å²) in [6, 6.07) is 5.24. The SMILES string of the molecule is C[C@@H](OC1(C2CC2)CC1)[C@H](NC(=O)C(F)(F)F)C(=O)N1C[C@H]2[C@@H]([C@H]1C(=O)NC1(C#N)Cc3cccc4cncc1c34)C2(C)C. The van der Waals surface area contributed by atoms with Gasteiger partial charge in [0.1, 0.15) is 12.1 Å². The predicted octanol–water partition coefficient (Wildman–Crippen LogP) is 3.50. The second-order valence-electron chi connectivity index (χ2n) is 13.9. The van der Waals surface area contributed by atoms with Crippen molar-refractivity contribution in [3.05, 3.63) is 41.7 Å². The molecule has 5 aliphatic rings. The van der Waals surface area contributed by atoms with Gasteiger partial charge >= 0.3 is 12.1 Å². The number of hydrogen-bond acceptors (Lipinski definition) is 6. The minimum Gasteiger partial charge on any atom is -0.369 e.